The quantitative estimate of drug-likeness (QED) is 0.845. The second-order valence-electron chi connectivity index (χ2n) is 4.30. The van der Waals surface area contributed by atoms with Gasteiger partial charge in [0.05, 0.1) is 5.69 Å². The van der Waals surface area contributed by atoms with E-state index in [1.54, 1.807) is 17.5 Å². The lowest BCUT2D eigenvalue weighted by molar-refractivity contribution is 0.498. The molecule has 0 spiro atoms. The second kappa shape index (κ2) is 4.46. The van der Waals surface area contributed by atoms with E-state index in [-0.39, 0.29) is 0 Å². The lowest BCUT2D eigenvalue weighted by Gasteiger charge is -2.29. The summed E-state index contributed by atoms with van der Waals surface area (Å²) in [6, 6.07) is 2.42. The van der Waals surface area contributed by atoms with Crippen molar-refractivity contribution in [3.63, 3.8) is 0 Å². The van der Waals surface area contributed by atoms with Crippen LogP contribution in [0.25, 0.3) is 10.7 Å². The summed E-state index contributed by atoms with van der Waals surface area (Å²) in [5.74, 6) is 1.00. The van der Waals surface area contributed by atoms with E-state index in [0.29, 0.717) is 6.04 Å². The van der Waals surface area contributed by atoms with Gasteiger partial charge in [-0.3, -0.25) is 5.10 Å². The van der Waals surface area contributed by atoms with Gasteiger partial charge in [-0.05, 0) is 12.8 Å². The Morgan fingerprint density at radius 2 is 2.24 bits per heavy atom. The monoisotopic (exact) mass is 249 g/mol. The normalized spacial score (nSPS) is 17.6. The zero-order valence-corrected chi connectivity index (χ0v) is 10.3. The van der Waals surface area contributed by atoms with Crippen LogP contribution in [-0.4, -0.2) is 34.3 Å². The lowest BCUT2D eigenvalue weighted by Crippen LogP contribution is -2.39. The molecule has 6 heteroatoms. The Hall–Kier alpha value is -1.40. The van der Waals surface area contributed by atoms with Crippen molar-refractivity contribution in [1.29, 1.82) is 0 Å². The fourth-order valence-electron chi connectivity index (χ4n) is 2.07. The minimum Gasteiger partial charge on any atom is -0.355 e. The molecule has 90 valence electrons. The molecule has 2 aromatic heterocycles. The van der Waals surface area contributed by atoms with Crippen LogP contribution in [-0.2, 0) is 0 Å². The van der Waals surface area contributed by atoms with E-state index in [9.17, 15) is 0 Å². The molecule has 1 aliphatic heterocycles. The topological polar surface area (TPSA) is 70.8 Å². The maximum absolute atomic E-state index is 5.89. The van der Waals surface area contributed by atoms with Crippen LogP contribution >= 0.6 is 11.3 Å². The predicted octanol–water partition coefficient (Wildman–Crippen LogP) is 1.46. The molecule has 3 rings (SSSR count). The fourth-order valence-corrected chi connectivity index (χ4v) is 2.67. The number of nitrogens with two attached hydrogens (primary N) is 1. The van der Waals surface area contributed by atoms with E-state index in [2.05, 4.69) is 26.1 Å². The van der Waals surface area contributed by atoms with Gasteiger partial charge in [-0.25, -0.2) is 4.98 Å². The lowest BCUT2D eigenvalue weighted by atomic mass is 10.1. The third-order valence-electron chi connectivity index (χ3n) is 3.09. The van der Waals surface area contributed by atoms with Gasteiger partial charge in [0, 0.05) is 36.8 Å². The first-order valence-electron chi connectivity index (χ1n) is 5.79. The van der Waals surface area contributed by atoms with E-state index in [4.69, 9.17) is 5.73 Å². The zero-order chi connectivity index (χ0) is 11.7. The summed E-state index contributed by atoms with van der Waals surface area (Å²) < 4.78 is 0. The highest BCUT2D eigenvalue weighted by molar-refractivity contribution is 7.13. The molecule has 3 N–H and O–H groups in total. The molecular formula is C11H15N5S. The van der Waals surface area contributed by atoms with Gasteiger partial charge >= 0.3 is 0 Å². The number of anilines is 1. The van der Waals surface area contributed by atoms with Crippen LogP contribution in [0.5, 0.6) is 0 Å². The summed E-state index contributed by atoms with van der Waals surface area (Å²) in [4.78, 5) is 6.54. The number of aromatic amines is 1. The average Bonchev–Trinajstić information content (AvgIpc) is 3.00. The summed E-state index contributed by atoms with van der Waals surface area (Å²) in [5.41, 5.74) is 6.88. The Morgan fingerprint density at radius 3 is 2.94 bits per heavy atom. The van der Waals surface area contributed by atoms with Crippen molar-refractivity contribution in [2.24, 2.45) is 5.73 Å². The standard InChI is InChI=1S/C11H15N5S/c12-8-1-4-16(5-2-8)10-7-9(14-15-10)11-13-3-6-17-11/h3,6-8H,1-2,4-5,12H2,(H,14,15). The van der Waals surface area contributed by atoms with E-state index in [1.807, 2.05) is 5.38 Å². The maximum Gasteiger partial charge on any atom is 0.151 e. The fraction of sp³-hybridized carbons (Fsp3) is 0.455. The number of rotatable bonds is 2. The molecule has 0 aromatic carbocycles. The number of nitrogens with one attached hydrogen (secondary N) is 1. The number of piperidine rings is 1. The molecule has 0 amide bonds. The van der Waals surface area contributed by atoms with Crippen LogP contribution in [0.3, 0.4) is 0 Å². The SMILES string of the molecule is NC1CCN(c2cc(-c3nccs3)[nH]n2)CC1. The number of thiazole rings is 1. The molecule has 2 aromatic rings. The molecule has 3 heterocycles. The van der Waals surface area contributed by atoms with Crippen molar-refractivity contribution in [2.45, 2.75) is 18.9 Å². The van der Waals surface area contributed by atoms with E-state index in [0.717, 1.165) is 42.5 Å². The highest BCUT2D eigenvalue weighted by Gasteiger charge is 2.18. The molecule has 1 saturated heterocycles. The Balaban J connectivity index is 1.76. The highest BCUT2D eigenvalue weighted by Crippen LogP contribution is 2.24. The molecular weight excluding hydrogens is 234 g/mol. The van der Waals surface area contributed by atoms with Gasteiger partial charge in [0.2, 0.25) is 0 Å². The Bertz CT molecular complexity index is 470. The van der Waals surface area contributed by atoms with E-state index in [1.165, 1.54) is 0 Å². The first-order valence-corrected chi connectivity index (χ1v) is 6.67. The van der Waals surface area contributed by atoms with Crippen LogP contribution in [0.1, 0.15) is 12.8 Å². The van der Waals surface area contributed by atoms with Crippen molar-refractivity contribution in [1.82, 2.24) is 15.2 Å². The summed E-state index contributed by atoms with van der Waals surface area (Å²) in [6.45, 7) is 1.98. The predicted molar refractivity (Wildman–Crippen MR) is 69.1 cm³/mol. The molecule has 1 aliphatic rings. The molecule has 1 fully saturated rings. The van der Waals surface area contributed by atoms with Gasteiger partial charge in [-0.15, -0.1) is 11.3 Å². The number of H-pyrrole nitrogens is 1. The minimum atomic E-state index is 0.351. The number of aromatic nitrogens is 3. The van der Waals surface area contributed by atoms with Crippen molar-refractivity contribution in [3.05, 3.63) is 17.6 Å². The maximum atomic E-state index is 5.89. The molecule has 5 nitrogen and oxygen atoms in total. The summed E-state index contributed by atoms with van der Waals surface area (Å²) in [5, 5.41) is 10.3. The molecule has 0 bridgehead atoms. The van der Waals surface area contributed by atoms with Gasteiger partial charge in [-0.1, -0.05) is 0 Å². The Morgan fingerprint density at radius 1 is 1.41 bits per heavy atom. The van der Waals surface area contributed by atoms with Crippen molar-refractivity contribution < 1.29 is 0 Å². The van der Waals surface area contributed by atoms with Crippen LogP contribution in [0.2, 0.25) is 0 Å². The Labute approximate surface area is 104 Å². The molecule has 0 saturated carbocycles. The average molecular weight is 249 g/mol. The first-order chi connectivity index (χ1) is 8.33. The van der Waals surface area contributed by atoms with Gasteiger partial charge in [-0.2, -0.15) is 5.10 Å². The third kappa shape index (κ3) is 2.18. The highest BCUT2D eigenvalue weighted by atomic mass is 32.1. The van der Waals surface area contributed by atoms with Crippen molar-refractivity contribution >= 4 is 17.2 Å². The molecule has 0 aliphatic carbocycles. The largest absolute Gasteiger partial charge is 0.355 e. The molecule has 0 atom stereocenters. The molecule has 0 unspecified atom stereocenters. The van der Waals surface area contributed by atoms with Crippen LogP contribution in [0, 0.1) is 0 Å². The first kappa shape index (κ1) is 10.7. The number of hydrogen-bond donors (Lipinski definition) is 2. The van der Waals surface area contributed by atoms with Crippen molar-refractivity contribution in [3.8, 4) is 10.7 Å². The Kier molecular flexibility index (Phi) is 2.82. The zero-order valence-electron chi connectivity index (χ0n) is 9.47. The van der Waals surface area contributed by atoms with Gasteiger partial charge in [0.15, 0.2) is 5.82 Å². The van der Waals surface area contributed by atoms with Crippen LogP contribution in [0.15, 0.2) is 17.6 Å². The summed E-state index contributed by atoms with van der Waals surface area (Å²) in [7, 11) is 0. The molecule has 17 heavy (non-hydrogen) atoms. The van der Waals surface area contributed by atoms with Gasteiger partial charge in [0.25, 0.3) is 0 Å². The summed E-state index contributed by atoms with van der Waals surface area (Å²) in [6.07, 6.45) is 3.89. The van der Waals surface area contributed by atoms with E-state index >= 15 is 0 Å². The van der Waals surface area contributed by atoms with Crippen LogP contribution in [0.4, 0.5) is 5.82 Å². The minimum absolute atomic E-state index is 0.351. The van der Waals surface area contributed by atoms with E-state index < -0.39 is 0 Å². The third-order valence-corrected chi connectivity index (χ3v) is 3.90. The van der Waals surface area contributed by atoms with Crippen LogP contribution < -0.4 is 10.6 Å². The second-order valence-corrected chi connectivity index (χ2v) is 5.20. The van der Waals surface area contributed by atoms with Gasteiger partial charge < -0.3 is 10.6 Å². The van der Waals surface area contributed by atoms with Crippen molar-refractivity contribution in [2.75, 3.05) is 18.0 Å². The number of hydrogen-bond acceptors (Lipinski definition) is 5. The van der Waals surface area contributed by atoms with Gasteiger partial charge in [0.1, 0.15) is 5.01 Å². The number of nitrogens with zero attached hydrogens (tertiary/aromatic N) is 3. The summed E-state index contributed by atoms with van der Waals surface area (Å²) >= 11 is 1.62. The molecule has 0 radical (unpaired) electrons. The smallest absolute Gasteiger partial charge is 0.151 e.